The van der Waals surface area contributed by atoms with Crippen molar-refractivity contribution in [1.29, 1.82) is 0 Å². The minimum Gasteiger partial charge on any atom is -0.351 e. The van der Waals surface area contributed by atoms with E-state index in [-0.39, 0.29) is 0 Å². The SMILES string of the molecule is Cc1nc2c3ccccc3nc(NC3CCN(Cc4ccccc4C)CC3)n2n1. The molecule has 1 aliphatic heterocycles. The molecule has 29 heavy (non-hydrogen) atoms. The third kappa shape index (κ3) is 3.56. The number of nitrogens with one attached hydrogen (secondary N) is 1. The highest BCUT2D eigenvalue weighted by Crippen LogP contribution is 2.23. The van der Waals surface area contributed by atoms with Crippen molar-refractivity contribution in [1.82, 2.24) is 24.5 Å². The molecule has 1 saturated heterocycles. The van der Waals surface area contributed by atoms with Crippen molar-refractivity contribution in [3.63, 3.8) is 0 Å². The van der Waals surface area contributed by atoms with Crippen LogP contribution in [0, 0.1) is 13.8 Å². The number of likely N-dealkylation sites (tertiary alicyclic amines) is 1. The third-order valence-electron chi connectivity index (χ3n) is 5.86. The summed E-state index contributed by atoms with van der Waals surface area (Å²) < 4.78 is 1.86. The molecule has 6 heteroatoms. The molecule has 0 unspecified atom stereocenters. The highest BCUT2D eigenvalue weighted by molar-refractivity contribution is 5.92. The largest absolute Gasteiger partial charge is 0.351 e. The maximum absolute atomic E-state index is 4.84. The summed E-state index contributed by atoms with van der Waals surface area (Å²) in [5.41, 5.74) is 4.62. The Labute approximate surface area is 170 Å². The van der Waals surface area contributed by atoms with Crippen molar-refractivity contribution >= 4 is 22.5 Å². The molecular formula is C23H26N6. The first-order valence-corrected chi connectivity index (χ1v) is 10.3. The molecule has 0 atom stereocenters. The average molecular weight is 387 g/mol. The van der Waals surface area contributed by atoms with E-state index in [0.717, 1.165) is 60.8 Å². The van der Waals surface area contributed by atoms with Crippen LogP contribution in [0.2, 0.25) is 0 Å². The van der Waals surface area contributed by atoms with E-state index in [1.54, 1.807) is 0 Å². The van der Waals surface area contributed by atoms with E-state index in [1.807, 2.05) is 29.6 Å². The van der Waals surface area contributed by atoms with Crippen LogP contribution >= 0.6 is 0 Å². The number of para-hydroxylation sites is 1. The number of hydrogen-bond acceptors (Lipinski definition) is 5. The molecule has 4 aromatic rings. The van der Waals surface area contributed by atoms with Crippen LogP contribution in [0.25, 0.3) is 16.6 Å². The molecular weight excluding hydrogens is 360 g/mol. The number of aryl methyl sites for hydroxylation is 2. The number of rotatable bonds is 4. The highest BCUT2D eigenvalue weighted by atomic mass is 15.4. The molecule has 3 heterocycles. The Morgan fingerprint density at radius 3 is 2.55 bits per heavy atom. The number of fused-ring (bicyclic) bond motifs is 3. The summed E-state index contributed by atoms with van der Waals surface area (Å²) in [7, 11) is 0. The Hall–Kier alpha value is -2.99. The molecule has 0 amide bonds. The van der Waals surface area contributed by atoms with Gasteiger partial charge in [-0.1, -0.05) is 36.4 Å². The summed E-state index contributed by atoms with van der Waals surface area (Å²) in [6, 6.07) is 17.2. The maximum atomic E-state index is 4.84. The molecule has 2 aromatic carbocycles. The van der Waals surface area contributed by atoms with Gasteiger partial charge in [0.2, 0.25) is 5.95 Å². The molecule has 0 spiro atoms. The van der Waals surface area contributed by atoms with E-state index in [1.165, 1.54) is 11.1 Å². The zero-order chi connectivity index (χ0) is 19.8. The van der Waals surface area contributed by atoms with Gasteiger partial charge in [0.25, 0.3) is 0 Å². The number of nitrogens with zero attached hydrogens (tertiary/aromatic N) is 5. The summed E-state index contributed by atoms with van der Waals surface area (Å²) >= 11 is 0. The van der Waals surface area contributed by atoms with Crippen molar-refractivity contribution in [3.05, 3.63) is 65.5 Å². The molecule has 6 nitrogen and oxygen atoms in total. The smallest absolute Gasteiger partial charge is 0.226 e. The quantitative estimate of drug-likeness (QED) is 0.575. The zero-order valence-electron chi connectivity index (χ0n) is 17.0. The van der Waals surface area contributed by atoms with Crippen LogP contribution in [0.5, 0.6) is 0 Å². The van der Waals surface area contributed by atoms with E-state index >= 15 is 0 Å². The van der Waals surface area contributed by atoms with Crippen LogP contribution in [0.15, 0.2) is 48.5 Å². The van der Waals surface area contributed by atoms with Crippen LogP contribution in [0.3, 0.4) is 0 Å². The molecule has 2 aromatic heterocycles. The Balaban J connectivity index is 1.32. The van der Waals surface area contributed by atoms with Gasteiger partial charge in [-0.25, -0.2) is 9.97 Å². The van der Waals surface area contributed by atoms with E-state index in [0.29, 0.717) is 6.04 Å². The van der Waals surface area contributed by atoms with E-state index in [2.05, 4.69) is 57.6 Å². The van der Waals surface area contributed by atoms with Crippen molar-refractivity contribution in [2.45, 2.75) is 39.3 Å². The molecule has 0 bridgehead atoms. The average Bonchev–Trinajstić information content (AvgIpc) is 3.13. The van der Waals surface area contributed by atoms with Crippen LogP contribution in [0.4, 0.5) is 5.95 Å². The summed E-state index contributed by atoms with van der Waals surface area (Å²) in [5.74, 6) is 1.55. The summed E-state index contributed by atoms with van der Waals surface area (Å²) in [6.07, 6.45) is 2.19. The monoisotopic (exact) mass is 386 g/mol. The van der Waals surface area contributed by atoms with Gasteiger partial charge >= 0.3 is 0 Å². The molecule has 0 saturated carbocycles. The fourth-order valence-corrected chi connectivity index (χ4v) is 4.20. The topological polar surface area (TPSA) is 58.4 Å². The lowest BCUT2D eigenvalue weighted by Crippen LogP contribution is -2.39. The standard InChI is InChI=1S/C23H26N6/c1-16-7-3-4-8-18(16)15-28-13-11-19(12-14-28)25-23-26-21-10-6-5-9-20(21)22-24-17(2)27-29(22)23/h3-10,19H,11-15H2,1-2H3,(H,25,26). The molecule has 5 rings (SSSR count). The van der Waals surface area contributed by atoms with Crippen LogP contribution in [-0.4, -0.2) is 43.6 Å². The molecule has 1 N–H and O–H groups in total. The number of hydrogen-bond donors (Lipinski definition) is 1. The predicted octanol–water partition coefficient (Wildman–Crippen LogP) is 3.97. The summed E-state index contributed by atoms with van der Waals surface area (Å²) in [4.78, 5) is 12.0. The first kappa shape index (κ1) is 18.1. The summed E-state index contributed by atoms with van der Waals surface area (Å²) in [5, 5.41) is 9.26. The van der Waals surface area contributed by atoms with Gasteiger partial charge in [-0.3, -0.25) is 4.90 Å². The Kier molecular flexibility index (Phi) is 4.64. The van der Waals surface area contributed by atoms with Crippen LogP contribution in [0.1, 0.15) is 29.8 Å². The van der Waals surface area contributed by atoms with E-state index < -0.39 is 0 Å². The third-order valence-corrected chi connectivity index (χ3v) is 5.86. The number of aromatic nitrogens is 4. The Morgan fingerprint density at radius 2 is 1.72 bits per heavy atom. The van der Waals surface area contributed by atoms with Gasteiger partial charge in [0, 0.05) is 31.1 Å². The zero-order valence-corrected chi connectivity index (χ0v) is 17.0. The highest BCUT2D eigenvalue weighted by Gasteiger charge is 2.21. The lowest BCUT2D eigenvalue weighted by atomic mass is 10.0. The molecule has 0 aliphatic carbocycles. The predicted molar refractivity (Wildman–Crippen MR) is 116 cm³/mol. The summed E-state index contributed by atoms with van der Waals surface area (Å²) in [6.45, 7) is 7.31. The minimum atomic E-state index is 0.393. The minimum absolute atomic E-state index is 0.393. The van der Waals surface area contributed by atoms with Crippen LogP contribution < -0.4 is 5.32 Å². The van der Waals surface area contributed by atoms with Crippen molar-refractivity contribution in [2.75, 3.05) is 18.4 Å². The normalized spacial score (nSPS) is 15.9. The Morgan fingerprint density at radius 1 is 0.966 bits per heavy atom. The lowest BCUT2D eigenvalue weighted by molar-refractivity contribution is 0.210. The second-order valence-corrected chi connectivity index (χ2v) is 7.97. The molecule has 148 valence electrons. The fraction of sp³-hybridized carbons (Fsp3) is 0.348. The number of piperidine rings is 1. The Bertz CT molecular complexity index is 1160. The molecule has 1 aliphatic rings. The number of benzene rings is 2. The molecule has 0 radical (unpaired) electrons. The van der Waals surface area contributed by atoms with Gasteiger partial charge in [0.1, 0.15) is 5.82 Å². The van der Waals surface area contributed by atoms with Gasteiger partial charge in [-0.2, -0.15) is 4.52 Å². The number of anilines is 1. The molecule has 1 fully saturated rings. The fourth-order valence-electron chi connectivity index (χ4n) is 4.20. The van der Waals surface area contributed by atoms with E-state index in [4.69, 9.17) is 4.98 Å². The second-order valence-electron chi connectivity index (χ2n) is 7.97. The van der Waals surface area contributed by atoms with Crippen molar-refractivity contribution in [2.24, 2.45) is 0 Å². The van der Waals surface area contributed by atoms with Crippen molar-refractivity contribution < 1.29 is 0 Å². The van der Waals surface area contributed by atoms with Crippen molar-refractivity contribution in [3.8, 4) is 0 Å². The first-order chi connectivity index (χ1) is 14.2. The van der Waals surface area contributed by atoms with Crippen LogP contribution in [-0.2, 0) is 6.54 Å². The van der Waals surface area contributed by atoms with Gasteiger partial charge < -0.3 is 5.32 Å². The lowest BCUT2D eigenvalue weighted by Gasteiger charge is -2.32. The second kappa shape index (κ2) is 7.44. The van der Waals surface area contributed by atoms with Gasteiger partial charge in [-0.05, 0) is 49.9 Å². The maximum Gasteiger partial charge on any atom is 0.226 e. The van der Waals surface area contributed by atoms with Gasteiger partial charge in [0.15, 0.2) is 5.65 Å². The van der Waals surface area contributed by atoms with Gasteiger partial charge in [-0.15, -0.1) is 5.10 Å². The van der Waals surface area contributed by atoms with Gasteiger partial charge in [0.05, 0.1) is 5.52 Å². The van der Waals surface area contributed by atoms with E-state index in [9.17, 15) is 0 Å². The first-order valence-electron chi connectivity index (χ1n) is 10.3.